The van der Waals surface area contributed by atoms with Crippen LogP contribution in [0.5, 0.6) is 0 Å². The van der Waals surface area contributed by atoms with E-state index in [1.165, 1.54) is 10.7 Å². The van der Waals surface area contributed by atoms with Gasteiger partial charge in [0.2, 0.25) is 5.89 Å². The molecular formula is C48H30Br2N6O6S2. The molecule has 0 spiro atoms. The SMILES string of the molecule is O=c1cc(-c2nn(C(Nc3ccc(-c4ccc(NC(c5cccc(Br)c5)n5nc(-c6cc7ccccc7oc6=O)oc5=S)cc4)cc3)c3cccc(Br)c3)c(=S)o2)c2ccccc2o1. The van der Waals surface area contributed by atoms with E-state index in [0.29, 0.717) is 22.1 Å². The number of nitrogens with one attached hydrogen (secondary N) is 2. The number of hydrogen-bond donors (Lipinski definition) is 2. The minimum Gasteiger partial charge on any atom is -0.423 e. The van der Waals surface area contributed by atoms with Gasteiger partial charge in [0, 0.05) is 37.2 Å². The number of aromatic nitrogens is 4. The molecule has 6 aromatic carbocycles. The second-order valence-corrected chi connectivity index (χ2v) is 17.1. The maximum atomic E-state index is 13.0. The molecule has 0 saturated carbocycles. The van der Waals surface area contributed by atoms with Gasteiger partial charge in [-0.25, -0.2) is 9.59 Å². The summed E-state index contributed by atoms with van der Waals surface area (Å²) in [6.07, 6.45) is -1.19. The van der Waals surface area contributed by atoms with E-state index in [9.17, 15) is 9.59 Å². The lowest BCUT2D eigenvalue weighted by Gasteiger charge is -2.21. The minimum atomic E-state index is -0.606. The van der Waals surface area contributed by atoms with Gasteiger partial charge in [-0.2, -0.15) is 9.36 Å². The first-order valence-electron chi connectivity index (χ1n) is 19.6. The van der Waals surface area contributed by atoms with Crippen molar-refractivity contribution in [1.82, 2.24) is 19.6 Å². The number of rotatable bonds is 11. The minimum absolute atomic E-state index is 0.0491. The molecule has 0 aliphatic rings. The Morgan fingerprint density at radius 1 is 0.516 bits per heavy atom. The van der Waals surface area contributed by atoms with E-state index in [2.05, 4.69) is 47.6 Å². The molecule has 2 unspecified atom stereocenters. The van der Waals surface area contributed by atoms with Gasteiger partial charge in [-0.05, 0) is 113 Å². The molecule has 314 valence electrons. The van der Waals surface area contributed by atoms with Crippen molar-refractivity contribution in [2.24, 2.45) is 0 Å². The molecule has 0 fully saturated rings. The van der Waals surface area contributed by atoms with Crippen LogP contribution in [0.1, 0.15) is 23.5 Å². The third kappa shape index (κ3) is 8.31. The molecule has 12 nitrogen and oxygen atoms in total. The van der Waals surface area contributed by atoms with Gasteiger partial charge in [0.1, 0.15) is 16.7 Å². The Morgan fingerprint density at radius 2 is 1.03 bits per heavy atom. The van der Waals surface area contributed by atoms with Crippen LogP contribution in [0.2, 0.25) is 0 Å². The quantitative estimate of drug-likeness (QED) is 0.0939. The van der Waals surface area contributed by atoms with Crippen molar-refractivity contribution in [1.29, 1.82) is 0 Å². The van der Waals surface area contributed by atoms with Gasteiger partial charge in [-0.1, -0.05) is 117 Å². The molecule has 64 heavy (non-hydrogen) atoms. The summed E-state index contributed by atoms with van der Waals surface area (Å²) in [5.41, 5.74) is 5.65. The van der Waals surface area contributed by atoms with Crippen LogP contribution in [0, 0.1) is 9.67 Å². The second kappa shape index (κ2) is 17.3. The third-order valence-electron chi connectivity index (χ3n) is 10.4. The monoisotopic (exact) mass is 1010 g/mol. The van der Waals surface area contributed by atoms with E-state index < -0.39 is 23.6 Å². The van der Waals surface area contributed by atoms with Gasteiger partial charge in [0.25, 0.3) is 15.6 Å². The van der Waals surface area contributed by atoms with Crippen LogP contribution in [-0.4, -0.2) is 19.6 Å². The molecule has 0 saturated heterocycles. The lowest BCUT2D eigenvalue weighted by Crippen LogP contribution is -2.21. The third-order valence-corrected chi connectivity index (χ3v) is 11.9. The normalized spacial score (nSPS) is 12.3. The summed E-state index contributed by atoms with van der Waals surface area (Å²) in [4.78, 5) is 25.7. The molecule has 0 aliphatic heterocycles. The number of hydrogen-bond acceptors (Lipinski definition) is 12. The predicted octanol–water partition coefficient (Wildman–Crippen LogP) is 12.8. The summed E-state index contributed by atoms with van der Waals surface area (Å²) < 4.78 is 27.8. The summed E-state index contributed by atoms with van der Waals surface area (Å²) >= 11 is 18.6. The highest BCUT2D eigenvalue weighted by atomic mass is 79.9. The Bertz CT molecular complexity index is 3620. The van der Waals surface area contributed by atoms with Crippen molar-refractivity contribution in [2.75, 3.05) is 10.6 Å². The highest BCUT2D eigenvalue weighted by Crippen LogP contribution is 2.32. The molecule has 4 aromatic heterocycles. The van der Waals surface area contributed by atoms with E-state index >= 15 is 0 Å². The Labute approximate surface area is 389 Å². The molecule has 16 heteroatoms. The van der Waals surface area contributed by atoms with E-state index in [1.54, 1.807) is 35.0 Å². The van der Waals surface area contributed by atoms with E-state index in [4.69, 9.17) is 47.2 Å². The zero-order valence-electron chi connectivity index (χ0n) is 33.0. The smallest absolute Gasteiger partial charge is 0.349 e. The summed E-state index contributed by atoms with van der Waals surface area (Å²) in [7, 11) is 0. The fraction of sp³-hybridized carbons (Fsp3) is 0.0417. The van der Waals surface area contributed by atoms with Crippen molar-refractivity contribution in [3.8, 4) is 34.0 Å². The van der Waals surface area contributed by atoms with Gasteiger partial charge in [0.15, 0.2) is 12.3 Å². The van der Waals surface area contributed by atoms with Gasteiger partial charge >= 0.3 is 11.3 Å². The van der Waals surface area contributed by atoms with Crippen LogP contribution in [0.3, 0.4) is 0 Å². The Morgan fingerprint density at radius 3 is 1.59 bits per heavy atom. The van der Waals surface area contributed by atoms with Crippen LogP contribution in [0.15, 0.2) is 194 Å². The van der Waals surface area contributed by atoms with Gasteiger partial charge < -0.3 is 28.3 Å². The number of para-hydroxylation sites is 2. The van der Waals surface area contributed by atoms with E-state index in [0.717, 1.165) is 48.0 Å². The number of nitrogens with zero attached hydrogens (tertiary/aromatic N) is 4. The number of halogens is 2. The molecule has 0 bridgehead atoms. The largest absolute Gasteiger partial charge is 0.423 e. The van der Waals surface area contributed by atoms with E-state index in [-0.39, 0.29) is 27.0 Å². The first kappa shape index (κ1) is 41.1. The summed E-state index contributed by atoms with van der Waals surface area (Å²) in [5, 5.41) is 18.0. The van der Waals surface area contributed by atoms with Crippen LogP contribution in [0.25, 0.3) is 56.0 Å². The fourth-order valence-corrected chi connectivity index (χ4v) is 8.66. The lowest BCUT2D eigenvalue weighted by molar-refractivity contribution is 0.494. The standard InChI is InChI=1S/C48H30Br2N6O6S2/c49-32-10-5-8-30(23-32)42(55-47(63)61-44(53-55)37-26-41(57)59-40-14-4-2-12-36(37)40)51-34-19-15-27(16-20-34)28-17-21-35(22-18-28)52-43(31-9-6-11-33(50)24-31)56-48(64)62-45(54-56)38-25-29-7-1-3-13-39(29)60-46(38)58/h1-26,42-43,51-52H. The molecule has 4 heterocycles. The van der Waals surface area contributed by atoms with Crippen molar-refractivity contribution >= 4 is 89.6 Å². The second-order valence-electron chi connectivity index (χ2n) is 14.6. The molecular weight excluding hydrogens is 981 g/mol. The molecule has 2 N–H and O–H groups in total. The average Bonchev–Trinajstić information content (AvgIpc) is 3.88. The Kier molecular flexibility index (Phi) is 11.1. The number of anilines is 2. The van der Waals surface area contributed by atoms with Crippen molar-refractivity contribution in [2.45, 2.75) is 12.3 Å². The van der Waals surface area contributed by atoms with Crippen molar-refractivity contribution in [3.05, 3.63) is 208 Å². The Hall–Kier alpha value is -6.98. The van der Waals surface area contributed by atoms with Gasteiger partial charge in [0.05, 0.1) is 5.56 Å². The molecule has 0 aliphatic carbocycles. The zero-order chi connectivity index (χ0) is 43.9. The molecule has 0 radical (unpaired) electrons. The fourth-order valence-electron chi connectivity index (χ4n) is 7.38. The first-order chi connectivity index (χ1) is 31.1. The summed E-state index contributed by atoms with van der Waals surface area (Å²) in [5.74, 6) is 0.240. The van der Waals surface area contributed by atoms with Crippen LogP contribution < -0.4 is 21.9 Å². The number of benzene rings is 6. The maximum absolute atomic E-state index is 13.0. The lowest BCUT2D eigenvalue weighted by atomic mass is 10.0. The van der Waals surface area contributed by atoms with Crippen molar-refractivity contribution < 1.29 is 17.7 Å². The molecule has 0 amide bonds. The maximum Gasteiger partial charge on any atom is 0.349 e. The molecule has 10 aromatic rings. The average molecular weight is 1010 g/mol. The molecule has 2 atom stereocenters. The first-order valence-corrected chi connectivity index (χ1v) is 22.0. The topological polar surface area (TPSA) is 146 Å². The summed E-state index contributed by atoms with van der Waals surface area (Å²) in [6.45, 7) is 0. The molecule has 10 rings (SSSR count). The predicted molar refractivity (Wildman–Crippen MR) is 257 cm³/mol. The van der Waals surface area contributed by atoms with Crippen LogP contribution in [-0.2, 0) is 0 Å². The highest BCUT2D eigenvalue weighted by molar-refractivity contribution is 9.10. The number of fused-ring (bicyclic) bond motifs is 2. The van der Waals surface area contributed by atoms with Gasteiger partial charge in [-0.3, -0.25) is 0 Å². The van der Waals surface area contributed by atoms with Crippen LogP contribution >= 0.6 is 56.3 Å². The van der Waals surface area contributed by atoms with E-state index in [1.807, 2.05) is 121 Å². The highest BCUT2D eigenvalue weighted by Gasteiger charge is 2.24. The zero-order valence-corrected chi connectivity index (χ0v) is 37.8. The van der Waals surface area contributed by atoms with Gasteiger partial charge in [-0.15, -0.1) is 10.2 Å². The van der Waals surface area contributed by atoms with Crippen molar-refractivity contribution in [3.63, 3.8) is 0 Å². The Balaban J connectivity index is 0.919. The van der Waals surface area contributed by atoms with Crippen LogP contribution in [0.4, 0.5) is 11.4 Å². The summed E-state index contributed by atoms with van der Waals surface area (Å²) in [6, 6.07) is 49.1.